The lowest BCUT2D eigenvalue weighted by molar-refractivity contribution is -0.123. The molecule has 136 valence electrons. The van der Waals surface area contributed by atoms with Crippen molar-refractivity contribution in [3.8, 4) is 5.75 Å². The Labute approximate surface area is 153 Å². The Balaban J connectivity index is 2.49. The van der Waals surface area contributed by atoms with Crippen molar-refractivity contribution in [2.75, 3.05) is 26.0 Å². The summed E-state index contributed by atoms with van der Waals surface area (Å²) in [7, 11) is -3.36. The Hall–Kier alpha value is -1.02. The van der Waals surface area contributed by atoms with Gasteiger partial charge in [0.25, 0.3) is 5.91 Å². The van der Waals surface area contributed by atoms with E-state index in [2.05, 4.69) is 5.32 Å². The molecule has 1 aromatic carbocycles. The Morgan fingerprint density at radius 3 is 2.42 bits per heavy atom. The van der Waals surface area contributed by atoms with Crippen LogP contribution >= 0.6 is 23.2 Å². The minimum absolute atomic E-state index is 0.176. The molecule has 0 fully saturated rings. The van der Waals surface area contributed by atoms with Gasteiger partial charge < -0.3 is 10.1 Å². The number of carbonyl (C=O) groups is 1. The summed E-state index contributed by atoms with van der Waals surface area (Å²) >= 11 is 11.7. The average Bonchev–Trinajstić information content (AvgIpc) is 2.39. The first-order valence-electron chi connectivity index (χ1n) is 7.23. The van der Waals surface area contributed by atoms with Gasteiger partial charge in [-0.15, -0.1) is 0 Å². The zero-order chi connectivity index (χ0) is 18.5. The lowest BCUT2D eigenvalue weighted by Gasteiger charge is -2.33. The van der Waals surface area contributed by atoms with E-state index in [4.69, 9.17) is 27.9 Å². The molecule has 24 heavy (non-hydrogen) atoms. The van der Waals surface area contributed by atoms with Gasteiger partial charge in [-0.05, 0) is 39.0 Å². The molecule has 1 N–H and O–H groups in total. The number of amides is 1. The number of nitrogens with zero attached hydrogens (tertiary/aromatic N) is 1. The van der Waals surface area contributed by atoms with Crippen LogP contribution in [0.1, 0.15) is 20.8 Å². The van der Waals surface area contributed by atoms with Crippen LogP contribution in [0.3, 0.4) is 0 Å². The molecule has 1 rings (SSSR count). The van der Waals surface area contributed by atoms with Crippen molar-refractivity contribution in [1.82, 2.24) is 9.62 Å². The van der Waals surface area contributed by atoms with E-state index in [1.54, 1.807) is 32.9 Å². The maximum Gasteiger partial charge on any atom is 0.257 e. The minimum atomic E-state index is -3.36. The van der Waals surface area contributed by atoms with E-state index in [0.717, 1.165) is 6.26 Å². The summed E-state index contributed by atoms with van der Waals surface area (Å²) < 4.78 is 30.2. The van der Waals surface area contributed by atoms with E-state index in [-0.39, 0.29) is 25.6 Å². The fourth-order valence-electron chi connectivity index (χ4n) is 2.08. The molecule has 0 radical (unpaired) electrons. The van der Waals surface area contributed by atoms with Gasteiger partial charge in [-0.3, -0.25) is 4.79 Å². The first-order valence-corrected chi connectivity index (χ1v) is 9.84. The fraction of sp³-hybridized carbons (Fsp3) is 0.533. The van der Waals surface area contributed by atoms with Crippen LogP contribution in [-0.4, -0.2) is 50.1 Å². The Morgan fingerprint density at radius 2 is 1.92 bits per heavy atom. The Bertz CT molecular complexity index is 687. The van der Waals surface area contributed by atoms with E-state index in [0.29, 0.717) is 15.8 Å². The van der Waals surface area contributed by atoms with Gasteiger partial charge in [-0.2, -0.15) is 4.31 Å². The van der Waals surface area contributed by atoms with Crippen LogP contribution in [0.2, 0.25) is 10.0 Å². The number of ether oxygens (including phenoxy) is 1. The van der Waals surface area contributed by atoms with E-state index in [1.165, 1.54) is 10.4 Å². The van der Waals surface area contributed by atoms with Crippen molar-refractivity contribution in [2.45, 2.75) is 26.3 Å². The molecule has 9 heteroatoms. The molecule has 0 saturated heterocycles. The third-order valence-corrected chi connectivity index (χ3v) is 5.10. The molecular weight excluding hydrogens is 375 g/mol. The summed E-state index contributed by atoms with van der Waals surface area (Å²) in [4.78, 5) is 11.8. The highest BCUT2D eigenvalue weighted by atomic mass is 35.5. The van der Waals surface area contributed by atoms with Gasteiger partial charge in [0.2, 0.25) is 10.0 Å². The van der Waals surface area contributed by atoms with E-state index < -0.39 is 15.6 Å². The van der Waals surface area contributed by atoms with Gasteiger partial charge in [0.05, 0.1) is 11.3 Å². The van der Waals surface area contributed by atoms with Crippen LogP contribution in [0.25, 0.3) is 0 Å². The molecule has 0 aromatic heterocycles. The molecule has 1 aromatic rings. The summed E-state index contributed by atoms with van der Waals surface area (Å²) in [6, 6.07) is 4.70. The number of benzene rings is 1. The molecule has 0 bridgehead atoms. The lowest BCUT2D eigenvalue weighted by Crippen LogP contribution is -2.48. The zero-order valence-corrected chi connectivity index (χ0v) is 16.4. The zero-order valence-electron chi connectivity index (χ0n) is 14.1. The van der Waals surface area contributed by atoms with Gasteiger partial charge in [-0.25, -0.2) is 8.42 Å². The van der Waals surface area contributed by atoms with Crippen LogP contribution in [-0.2, 0) is 14.8 Å². The number of halogens is 2. The molecule has 6 nitrogen and oxygen atoms in total. The van der Waals surface area contributed by atoms with Crippen molar-refractivity contribution in [2.24, 2.45) is 0 Å². The molecule has 0 saturated carbocycles. The highest BCUT2D eigenvalue weighted by Crippen LogP contribution is 2.27. The second kappa shape index (κ2) is 8.38. The maximum atomic E-state index is 11.8. The van der Waals surface area contributed by atoms with Crippen LogP contribution in [0.4, 0.5) is 0 Å². The molecule has 0 heterocycles. The molecule has 0 atom stereocenters. The maximum absolute atomic E-state index is 11.8. The number of carbonyl (C=O) groups excluding carboxylic acids is 1. The fourth-order valence-corrected chi connectivity index (χ4v) is 3.96. The predicted octanol–water partition coefficient (Wildman–Crippen LogP) is 2.55. The second-order valence-electron chi connectivity index (χ2n) is 6.22. The van der Waals surface area contributed by atoms with Crippen molar-refractivity contribution in [1.29, 1.82) is 0 Å². The standard InChI is InChI=1S/C15H22Cl2N2O4S/c1-15(2,3)19(24(4,21)22)8-7-18-14(20)10-23-13-6-5-11(16)9-12(13)17/h5-6,9H,7-8,10H2,1-4H3,(H,18,20). The van der Waals surface area contributed by atoms with Crippen molar-refractivity contribution in [3.63, 3.8) is 0 Å². The molecule has 1 amide bonds. The first kappa shape index (κ1) is 21.0. The number of hydrogen-bond donors (Lipinski definition) is 1. The van der Waals surface area contributed by atoms with Crippen molar-refractivity contribution >= 4 is 39.1 Å². The molecule has 0 spiro atoms. The smallest absolute Gasteiger partial charge is 0.257 e. The summed E-state index contributed by atoms with van der Waals surface area (Å²) in [6.07, 6.45) is 1.14. The van der Waals surface area contributed by atoms with Crippen molar-refractivity contribution in [3.05, 3.63) is 28.2 Å². The van der Waals surface area contributed by atoms with Gasteiger partial charge in [0.15, 0.2) is 6.61 Å². The molecule has 0 unspecified atom stereocenters. The second-order valence-corrected chi connectivity index (χ2v) is 8.97. The third-order valence-electron chi connectivity index (χ3n) is 3.04. The summed E-state index contributed by atoms with van der Waals surface area (Å²) in [5.74, 6) is -0.0213. The predicted molar refractivity (Wildman–Crippen MR) is 96.3 cm³/mol. The topological polar surface area (TPSA) is 75.7 Å². The van der Waals surface area contributed by atoms with Gasteiger partial charge in [0, 0.05) is 23.7 Å². The quantitative estimate of drug-likeness (QED) is 0.767. The lowest BCUT2D eigenvalue weighted by atomic mass is 10.1. The molecule has 0 aliphatic carbocycles. The normalized spacial score (nSPS) is 12.3. The van der Waals surface area contributed by atoms with Crippen molar-refractivity contribution < 1.29 is 17.9 Å². The monoisotopic (exact) mass is 396 g/mol. The number of sulfonamides is 1. The summed E-state index contributed by atoms with van der Waals surface area (Å²) in [5, 5.41) is 3.40. The summed E-state index contributed by atoms with van der Waals surface area (Å²) in [6.45, 7) is 5.51. The Kier molecular flexibility index (Phi) is 7.34. The average molecular weight is 397 g/mol. The van der Waals surface area contributed by atoms with Crippen LogP contribution in [0.15, 0.2) is 18.2 Å². The van der Waals surface area contributed by atoms with Crippen LogP contribution in [0.5, 0.6) is 5.75 Å². The largest absolute Gasteiger partial charge is 0.482 e. The highest BCUT2D eigenvalue weighted by Gasteiger charge is 2.28. The Morgan fingerprint density at radius 1 is 1.29 bits per heavy atom. The number of nitrogens with one attached hydrogen (secondary N) is 1. The van der Waals surface area contributed by atoms with Gasteiger partial charge >= 0.3 is 0 Å². The molecule has 0 aliphatic rings. The number of rotatable bonds is 7. The number of hydrogen-bond acceptors (Lipinski definition) is 4. The van der Waals surface area contributed by atoms with E-state index in [1.807, 2.05) is 0 Å². The SMILES string of the molecule is CC(C)(C)N(CCNC(=O)COc1ccc(Cl)cc1Cl)S(C)(=O)=O. The minimum Gasteiger partial charge on any atom is -0.482 e. The highest BCUT2D eigenvalue weighted by molar-refractivity contribution is 7.88. The molecular formula is C15H22Cl2N2O4S. The third kappa shape index (κ3) is 6.84. The van der Waals surface area contributed by atoms with Crippen LogP contribution < -0.4 is 10.1 Å². The summed E-state index contributed by atoms with van der Waals surface area (Å²) in [5.41, 5.74) is -0.564. The molecule has 0 aliphatic heterocycles. The van der Waals surface area contributed by atoms with Gasteiger partial charge in [0.1, 0.15) is 5.75 Å². The first-order chi connectivity index (χ1) is 10.9. The van der Waals surface area contributed by atoms with Crippen LogP contribution in [0, 0.1) is 0 Å². The van der Waals surface area contributed by atoms with Gasteiger partial charge in [-0.1, -0.05) is 23.2 Å². The van der Waals surface area contributed by atoms with E-state index >= 15 is 0 Å². The van der Waals surface area contributed by atoms with E-state index in [9.17, 15) is 13.2 Å².